The Morgan fingerprint density at radius 1 is 0.495 bits per heavy atom. The van der Waals surface area contributed by atoms with Crippen LogP contribution in [0.15, 0.2) is 78.9 Å². The van der Waals surface area contributed by atoms with Crippen LogP contribution in [0.25, 0.3) is 11.1 Å². The summed E-state index contributed by atoms with van der Waals surface area (Å²) in [7, 11) is 1.57. The first-order valence-electron chi connectivity index (χ1n) is 38.2. The van der Waals surface area contributed by atoms with Crippen molar-refractivity contribution < 1.29 is 66.0 Å². The molecule has 0 radical (unpaired) electrons. The molecule has 4 aromatic rings. The summed E-state index contributed by atoms with van der Waals surface area (Å²) in [5, 5.41) is 0. The Labute approximate surface area is 606 Å². The van der Waals surface area contributed by atoms with Gasteiger partial charge in [-0.15, -0.1) is 0 Å². The van der Waals surface area contributed by atoms with Gasteiger partial charge in [0.05, 0.1) is 38.7 Å². The number of carbonyl (C=O) groups is 6. The summed E-state index contributed by atoms with van der Waals surface area (Å²) < 4.78 is 60.3. The predicted molar refractivity (Wildman–Crippen MR) is 389 cm³/mol. The van der Waals surface area contributed by atoms with Gasteiger partial charge in [0.15, 0.2) is 0 Å². The number of anilines is 3. The maximum absolute atomic E-state index is 14.4. The third-order valence-electron chi connectivity index (χ3n) is 24.9. The highest BCUT2D eigenvalue weighted by atomic mass is 19.1. The van der Waals surface area contributed by atoms with Crippen LogP contribution < -0.4 is 14.7 Å². The zero-order valence-electron chi connectivity index (χ0n) is 61.4. The zero-order chi connectivity index (χ0) is 72.2. The van der Waals surface area contributed by atoms with Gasteiger partial charge in [-0.2, -0.15) is 0 Å². The number of hydrogen-bond donors (Lipinski definition) is 0. The van der Waals surface area contributed by atoms with Gasteiger partial charge in [0.1, 0.15) is 24.3 Å². The topological polar surface area (TPSA) is 187 Å². The van der Waals surface area contributed by atoms with Gasteiger partial charge >= 0.3 is 24.4 Å². The van der Waals surface area contributed by atoms with Crippen LogP contribution in [-0.4, -0.2) is 234 Å². The van der Waals surface area contributed by atoms with Crippen molar-refractivity contribution in [3.05, 3.63) is 113 Å². The number of piperidine rings is 6. The van der Waals surface area contributed by atoms with Crippen molar-refractivity contribution >= 4 is 53.2 Å². The Bertz CT molecular complexity index is 3670. The first-order chi connectivity index (χ1) is 49.8. The van der Waals surface area contributed by atoms with E-state index in [1.165, 1.54) is 34.4 Å². The van der Waals surface area contributed by atoms with E-state index in [9.17, 15) is 37.5 Å². The minimum Gasteiger partial charge on any atom is -0.450 e. The van der Waals surface area contributed by atoms with Crippen molar-refractivity contribution in [2.75, 3.05) is 147 Å². The number of nitrogens with zero attached hydrogens (tertiary/aromatic N) is 9. The number of halogens is 2. The number of rotatable bonds is 11. The van der Waals surface area contributed by atoms with Crippen LogP contribution >= 0.6 is 0 Å². The summed E-state index contributed by atoms with van der Waals surface area (Å²) in [6.07, 6.45) is 14.1. The molecule has 11 aliphatic rings. The van der Waals surface area contributed by atoms with Gasteiger partial charge in [0, 0.05) is 131 Å². The molecule has 558 valence electrons. The predicted octanol–water partition coefficient (Wildman–Crippen LogP) is 12.2. The van der Waals surface area contributed by atoms with E-state index in [1.54, 1.807) is 50.1 Å². The lowest BCUT2D eigenvalue weighted by Crippen LogP contribution is -2.56. The van der Waals surface area contributed by atoms with Crippen LogP contribution in [0, 0.1) is 18.6 Å². The summed E-state index contributed by atoms with van der Waals surface area (Å²) >= 11 is 0. The molecule has 2 unspecified atom stereocenters. The highest BCUT2D eigenvalue weighted by molar-refractivity contribution is 5.96. The molecule has 8 fully saturated rings. The van der Waals surface area contributed by atoms with E-state index in [1.807, 2.05) is 38.3 Å². The molecule has 0 aromatic heterocycles. The molecule has 23 heteroatoms. The van der Waals surface area contributed by atoms with Crippen molar-refractivity contribution in [3.63, 3.8) is 0 Å². The van der Waals surface area contributed by atoms with Crippen molar-refractivity contribution in [3.8, 4) is 11.1 Å². The first kappa shape index (κ1) is 73.9. The standard InChI is InChI=1S/C29H37N3O3.C28H38FN3O6.C23H32FN3O3/c1-4-35-28(34)31-15-11-24(12-16-31)30-17-13-29(14-18-30)20-32(22(3)33)27-10-9-23(19-26(27)29)25-8-6-5-7-21(25)2;1-35-12-13-37-26(33)31-18-28(24-14-19(29)2-5-25(24)31)7-9-30(10-8-28)22-15-20-3-4-21(16-22)32(20)27(34)38-23-6-11-36-17-23;1-3-14-30-22(29)26-10-6-19(7-11-26)25-12-8-23(9-13-25)16-27(17(2)28)21-5-4-18(24)15-20(21)23/h5-10,19,24H,4,11-18,20H2,1-3H3;2,5,14,20-23H,3-4,6-13,15-18H2,1H3;4-5,15,19H,3,6-14,16H2,1-2H3/t;20?,21?,22?,23-;/m.0./s1. The Morgan fingerprint density at radius 2 is 0.961 bits per heavy atom. The Morgan fingerprint density at radius 3 is 1.44 bits per heavy atom. The molecule has 3 spiro atoms. The second-order valence-corrected chi connectivity index (χ2v) is 30.8. The lowest BCUT2D eigenvalue weighted by molar-refractivity contribution is -0.117. The molecule has 11 heterocycles. The molecule has 21 nitrogen and oxygen atoms in total. The molecule has 0 N–H and O–H groups in total. The molecular formula is C80H107F2N9O12. The minimum absolute atomic E-state index is 0.0157. The smallest absolute Gasteiger partial charge is 0.414 e. The molecule has 103 heavy (non-hydrogen) atoms. The maximum Gasteiger partial charge on any atom is 0.414 e. The average molecular weight is 1420 g/mol. The number of hydrogen-bond acceptors (Lipinski definition) is 15. The number of fused-ring (bicyclic) bond motifs is 8. The molecular weight excluding hydrogens is 1320 g/mol. The third kappa shape index (κ3) is 15.6. The van der Waals surface area contributed by atoms with Gasteiger partial charge in [-0.1, -0.05) is 37.3 Å². The van der Waals surface area contributed by atoms with E-state index in [2.05, 4.69) is 64.1 Å². The minimum atomic E-state index is -0.408. The number of methoxy groups -OCH3 is 1. The van der Waals surface area contributed by atoms with Gasteiger partial charge in [-0.05, 0) is 231 Å². The van der Waals surface area contributed by atoms with Crippen LogP contribution in [0.4, 0.5) is 45.0 Å². The molecule has 0 aliphatic carbocycles. The van der Waals surface area contributed by atoms with E-state index in [4.69, 9.17) is 28.4 Å². The fourth-order valence-corrected chi connectivity index (χ4v) is 19.1. The zero-order valence-corrected chi connectivity index (χ0v) is 61.4. The summed E-state index contributed by atoms with van der Waals surface area (Å²) in [5.41, 5.74) is 9.31. The lowest BCUT2D eigenvalue weighted by Gasteiger charge is -2.47. The largest absolute Gasteiger partial charge is 0.450 e. The van der Waals surface area contributed by atoms with Gasteiger partial charge < -0.3 is 67.6 Å². The molecule has 3 atom stereocenters. The normalized spacial score (nSPS) is 24.3. The number of benzene rings is 4. The number of aryl methyl sites for hydroxylation is 1. The average Bonchev–Trinajstić information content (AvgIpc) is 1.61. The Balaban J connectivity index is 0.000000139. The van der Waals surface area contributed by atoms with Crippen LogP contribution in [0.5, 0.6) is 0 Å². The van der Waals surface area contributed by atoms with E-state index >= 15 is 0 Å². The van der Waals surface area contributed by atoms with E-state index < -0.39 is 6.09 Å². The summed E-state index contributed by atoms with van der Waals surface area (Å²) in [6, 6.07) is 26.6. The number of likely N-dealkylation sites (tertiary alicyclic amines) is 5. The highest BCUT2D eigenvalue weighted by Gasteiger charge is 2.53. The van der Waals surface area contributed by atoms with Gasteiger partial charge in [0.2, 0.25) is 11.8 Å². The van der Waals surface area contributed by atoms with Crippen molar-refractivity contribution in [2.24, 2.45) is 0 Å². The van der Waals surface area contributed by atoms with E-state index in [0.717, 1.165) is 203 Å². The first-order valence-corrected chi connectivity index (χ1v) is 38.2. The number of amides is 6. The summed E-state index contributed by atoms with van der Waals surface area (Å²) in [4.78, 5) is 93.5. The van der Waals surface area contributed by atoms with Crippen LogP contribution in [0.2, 0.25) is 0 Å². The van der Waals surface area contributed by atoms with Crippen LogP contribution in [0.1, 0.15) is 153 Å². The van der Waals surface area contributed by atoms with Crippen LogP contribution in [-0.2, 0) is 54.3 Å². The van der Waals surface area contributed by atoms with Crippen LogP contribution in [0.3, 0.4) is 0 Å². The van der Waals surface area contributed by atoms with Crippen molar-refractivity contribution in [1.82, 2.24) is 29.4 Å². The van der Waals surface area contributed by atoms with Crippen molar-refractivity contribution in [2.45, 2.75) is 190 Å². The highest BCUT2D eigenvalue weighted by Crippen LogP contribution is 2.52. The van der Waals surface area contributed by atoms with Gasteiger partial charge in [-0.25, -0.2) is 28.0 Å². The third-order valence-corrected chi connectivity index (χ3v) is 24.9. The summed E-state index contributed by atoms with van der Waals surface area (Å²) in [5.74, 6) is -0.367. The Kier molecular flexibility index (Phi) is 23.0. The molecule has 15 rings (SSSR count). The Hall–Kier alpha value is -7.44. The van der Waals surface area contributed by atoms with Gasteiger partial charge in [-0.3, -0.25) is 14.5 Å². The summed E-state index contributed by atoms with van der Waals surface area (Å²) in [6.45, 7) is 22.5. The second kappa shape index (κ2) is 32.1. The maximum atomic E-state index is 14.4. The van der Waals surface area contributed by atoms with E-state index in [0.29, 0.717) is 64.2 Å². The lowest BCUT2D eigenvalue weighted by atomic mass is 9.73. The molecule has 4 aromatic carbocycles. The fourth-order valence-electron chi connectivity index (χ4n) is 19.1. The second-order valence-electron chi connectivity index (χ2n) is 30.8. The molecule has 6 amide bonds. The van der Waals surface area contributed by atoms with E-state index in [-0.39, 0.29) is 82.8 Å². The molecule has 11 aliphatic heterocycles. The van der Waals surface area contributed by atoms with Crippen molar-refractivity contribution in [1.29, 1.82) is 0 Å². The molecule has 8 saturated heterocycles. The SMILES string of the molecule is CCCOC(=O)N1CCC(N2CCC3(CC2)CN(C(C)=O)c2ccc(F)cc23)CC1.CCOC(=O)N1CCC(N2CCC3(CC2)CN(C(C)=O)c2ccc(-c4ccccc4C)cc23)CC1.COCCOC(=O)N1CC2(CCN(C3CC4CCC(C3)N4C(=O)O[C@H]3CCOC3)CC2)c2cc(F)ccc21. The molecule has 2 bridgehead atoms. The molecule has 0 saturated carbocycles. The quantitative estimate of drug-likeness (QED) is 0.102. The number of ether oxygens (including phenoxy) is 6. The fraction of sp³-hybridized carbons (Fsp3) is 0.625. The monoisotopic (exact) mass is 1420 g/mol. The van der Waals surface area contributed by atoms with Gasteiger partial charge in [0.25, 0.3) is 0 Å². The number of carbonyl (C=O) groups excluding carboxylic acids is 6.